The van der Waals surface area contributed by atoms with Gasteiger partial charge in [-0.05, 0) is 18.6 Å². The van der Waals surface area contributed by atoms with Crippen LogP contribution in [0.25, 0.3) is 11.0 Å². The number of fused-ring (bicyclic) bond motifs is 1. The number of nitrogens with one attached hydrogen (secondary N) is 1. The molecule has 1 aromatic carbocycles. The number of imidazole rings is 1. The van der Waals surface area contributed by atoms with Gasteiger partial charge in [0.15, 0.2) is 0 Å². The number of sulfonamides is 1. The van der Waals surface area contributed by atoms with E-state index in [1.807, 2.05) is 25.1 Å². The second kappa shape index (κ2) is 7.72. The molecule has 7 nitrogen and oxygen atoms in total. The second-order valence-electron chi connectivity index (χ2n) is 6.41. The van der Waals surface area contributed by atoms with Gasteiger partial charge in [-0.3, -0.25) is 4.90 Å². The van der Waals surface area contributed by atoms with Crippen molar-refractivity contribution in [3.8, 4) is 5.75 Å². The maximum absolute atomic E-state index is 12.3. The number of nitrogens with zero attached hydrogens (tertiary/aromatic N) is 3. The molecule has 1 N–H and O–H groups in total. The average molecular weight is 366 g/mol. The first-order chi connectivity index (χ1) is 12.0. The van der Waals surface area contributed by atoms with Crippen molar-refractivity contribution in [1.82, 2.24) is 19.2 Å². The summed E-state index contributed by atoms with van der Waals surface area (Å²) in [6.45, 7) is 5.27. The van der Waals surface area contributed by atoms with Crippen molar-refractivity contribution in [2.45, 2.75) is 26.3 Å². The summed E-state index contributed by atoms with van der Waals surface area (Å²) in [5.74, 6) is 1.95. The van der Waals surface area contributed by atoms with Crippen LogP contribution in [-0.2, 0) is 16.6 Å². The number of aromatic nitrogens is 2. The number of benzene rings is 1. The zero-order valence-corrected chi connectivity index (χ0v) is 15.7. The lowest BCUT2D eigenvalue weighted by molar-refractivity contribution is 0.178. The monoisotopic (exact) mass is 366 g/mol. The van der Waals surface area contributed by atoms with Crippen molar-refractivity contribution >= 4 is 21.1 Å². The van der Waals surface area contributed by atoms with Crippen LogP contribution < -0.4 is 4.74 Å². The van der Waals surface area contributed by atoms with Gasteiger partial charge < -0.3 is 9.72 Å². The normalized spacial score (nSPS) is 17.2. The van der Waals surface area contributed by atoms with Crippen molar-refractivity contribution in [2.24, 2.45) is 0 Å². The van der Waals surface area contributed by atoms with Crippen LogP contribution in [0.2, 0.25) is 0 Å². The van der Waals surface area contributed by atoms with Crippen molar-refractivity contribution in [3.05, 3.63) is 24.0 Å². The Morgan fingerprint density at radius 2 is 2.00 bits per heavy atom. The Bertz CT molecular complexity index is 810. The van der Waals surface area contributed by atoms with E-state index in [0.29, 0.717) is 19.6 Å². The van der Waals surface area contributed by atoms with Crippen LogP contribution in [-0.4, -0.2) is 66.6 Å². The van der Waals surface area contributed by atoms with Crippen LogP contribution in [0.3, 0.4) is 0 Å². The van der Waals surface area contributed by atoms with Gasteiger partial charge >= 0.3 is 0 Å². The van der Waals surface area contributed by atoms with E-state index in [-0.39, 0.29) is 5.75 Å². The number of piperazine rings is 1. The molecular weight excluding hydrogens is 340 g/mol. The zero-order chi connectivity index (χ0) is 17.9. The highest BCUT2D eigenvalue weighted by Gasteiger charge is 2.26. The zero-order valence-electron chi connectivity index (χ0n) is 14.9. The summed E-state index contributed by atoms with van der Waals surface area (Å²) in [6, 6.07) is 5.77. The van der Waals surface area contributed by atoms with E-state index in [9.17, 15) is 8.42 Å². The molecule has 0 radical (unpaired) electrons. The highest BCUT2D eigenvalue weighted by atomic mass is 32.2. The van der Waals surface area contributed by atoms with Crippen LogP contribution >= 0.6 is 0 Å². The maximum Gasteiger partial charge on any atom is 0.214 e. The molecule has 0 bridgehead atoms. The molecular formula is C17H26N4O3S. The largest absolute Gasteiger partial charge is 0.497 e. The lowest BCUT2D eigenvalue weighted by Gasteiger charge is -2.33. The first-order valence-electron chi connectivity index (χ1n) is 8.74. The van der Waals surface area contributed by atoms with Crippen molar-refractivity contribution in [3.63, 3.8) is 0 Å². The molecule has 0 aliphatic carbocycles. The van der Waals surface area contributed by atoms with E-state index < -0.39 is 10.0 Å². The van der Waals surface area contributed by atoms with Crippen LogP contribution in [0.4, 0.5) is 0 Å². The van der Waals surface area contributed by atoms with Gasteiger partial charge in [0.25, 0.3) is 0 Å². The number of ether oxygens (including phenoxy) is 1. The summed E-state index contributed by atoms with van der Waals surface area (Å²) >= 11 is 0. The third kappa shape index (κ3) is 4.31. The molecule has 1 aliphatic heterocycles. The van der Waals surface area contributed by atoms with Gasteiger partial charge in [-0.25, -0.2) is 13.4 Å². The molecule has 138 valence electrons. The minimum atomic E-state index is -3.10. The molecule has 0 amide bonds. The lowest BCUT2D eigenvalue weighted by atomic mass is 10.3. The van der Waals surface area contributed by atoms with E-state index in [2.05, 4.69) is 14.9 Å². The van der Waals surface area contributed by atoms with E-state index in [0.717, 1.165) is 48.5 Å². The van der Waals surface area contributed by atoms with Gasteiger partial charge in [0.1, 0.15) is 11.6 Å². The molecule has 0 spiro atoms. The van der Waals surface area contributed by atoms with Crippen LogP contribution in [0, 0.1) is 0 Å². The molecule has 1 fully saturated rings. The smallest absolute Gasteiger partial charge is 0.214 e. The number of rotatable bonds is 7. The summed E-state index contributed by atoms with van der Waals surface area (Å²) < 4.78 is 31.4. The summed E-state index contributed by atoms with van der Waals surface area (Å²) in [4.78, 5) is 10.2. The van der Waals surface area contributed by atoms with E-state index in [1.54, 1.807) is 11.4 Å². The number of hydrogen-bond donors (Lipinski definition) is 1. The van der Waals surface area contributed by atoms with Crippen molar-refractivity contribution < 1.29 is 13.2 Å². The Hall–Kier alpha value is -1.64. The SMILES string of the molecule is CCCCS(=O)(=O)N1CCN(Cc2nc3ccc(OC)cc3[nH]2)CC1. The van der Waals surface area contributed by atoms with Gasteiger partial charge in [-0.1, -0.05) is 13.3 Å². The molecule has 8 heteroatoms. The summed E-state index contributed by atoms with van der Waals surface area (Å²) in [6.07, 6.45) is 1.63. The lowest BCUT2D eigenvalue weighted by Crippen LogP contribution is -2.48. The highest BCUT2D eigenvalue weighted by Crippen LogP contribution is 2.19. The first kappa shape index (κ1) is 18.2. The predicted octanol–water partition coefficient (Wildman–Crippen LogP) is 1.82. The van der Waals surface area contributed by atoms with Gasteiger partial charge in [-0.15, -0.1) is 0 Å². The van der Waals surface area contributed by atoms with Crippen molar-refractivity contribution in [1.29, 1.82) is 0 Å². The molecule has 0 unspecified atom stereocenters. The molecule has 1 saturated heterocycles. The Balaban J connectivity index is 1.59. The van der Waals surface area contributed by atoms with E-state index in [1.165, 1.54) is 0 Å². The quantitative estimate of drug-likeness (QED) is 0.809. The topological polar surface area (TPSA) is 78.5 Å². The standard InChI is InChI=1S/C17H26N4O3S/c1-3-4-11-25(22,23)21-9-7-20(8-10-21)13-17-18-15-6-5-14(24-2)12-16(15)19-17/h5-6,12H,3-4,7-11,13H2,1-2H3,(H,18,19). The number of aromatic amines is 1. The number of H-pyrrole nitrogens is 1. The summed E-state index contributed by atoms with van der Waals surface area (Å²) in [5, 5.41) is 0. The summed E-state index contributed by atoms with van der Waals surface area (Å²) in [5.41, 5.74) is 1.87. The Kier molecular flexibility index (Phi) is 5.61. The minimum Gasteiger partial charge on any atom is -0.497 e. The number of methoxy groups -OCH3 is 1. The fourth-order valence-corrected chi connectivity index (χ4v) is 4.71. The van der Waals surface area contributed by atoms with Crippen LogP contribution in [0.5, 0.6) is 5.75 Å². The maximum atomic E-state index is 12.3. The fourth-order valence-electron chi connectivity index (χ4n) is 3.08. The van der Waals surface area contributed by atoms with E-state index in [4.69, 9.17) is 4.74 Å². The summed E-state index contributed by atoms with van der Waals surface area (Å²) in [7, 11) is -1.46. The molecule has 1 aliphatic rings. The molecule has 3 rings (SSSR count). The second-order valence-corrected chi connectivity index (χ2v) is 8.50. The molecule has 2 heterocycles. The third-order valence-electron chi connectivity index (χ3n) is 4.59. The Labute approximate surface area is 149 Å². The van der Waals surface area contributed by atoms with Gasteiger partial charge in [0.05, 0.1) is 30.4 Å². The van der Waals surface area contributed by atoms with Crippen LogP contribution in [0.15, 0.2) is 18.2 Å². The molecule has 25 heavy (non-hydrogen) atoms. The predicted molar refractivity (Wildman–Crippen MR) is 98.2 cm³/mol. The average Bonchev–Trinajstić information content (AvgIpc) is 3.01. The van der Waals surface area contributed by atoms with Gasteiger partial charge in [0.2, 0.25) is 10.0 Å². The van der Waals surface area contributed by atoms with Gasteiger partial charge in [-0.2, -0.15) is 4.31 Å². The Morgan fingerprint density at radius 1 is 1.24 bits per heavy atom. The highest BCUT2D eigenvalue weighted by molar-refractivity contribution is 7.89. The molecule has 0 atom stereocenters. The molecule has 1 aromatic heterocycles. The first-order valence-corrected chi connectivity index (χ1v) is 10.4. The van der Waals surface area contributed by atoms with E-state index >= 15 is 0 Å². The van der Waals surface area contributed by atoms with Crippen molar-refractivity contribution in [2.75, 3.05) is 39.0 Å². The fraction of sp³-hybridized carbons (Fsp3) is 0.588. The molecule has 2 aromatic rings. The molecule has 0 saturated carbocycles. The van der Waals surface area contributed by atoms with Crippen LogP contribution in [0.1, 0.15) is 25.6 Å². The van der Waals surface area contributed by atoms with Gasteiger partial charge in [0, 0.05) is 32.2 Å². The third-order valence-corrected chi connectivity index (χ3v) is 6.55. The minimum absolute atomic E-state index is 0.259. The Morgan fingerprint density at radius 3 is 2.68 bits per heavy atom. The number of hydrogen-bond acceptors (Lipinski definition) is 5. The number of unbranched alkanes of at least 4 members (excludes halogenated alkanes) is 1.